The maximum Gasteiger partial charge on any atom is 0.163 e. The molecule has 0 saturated heterocycles. The number of rotatable bonds is 11. The number of hydrogen-bond acceptors (Lipinski definition) is 4. The standard InChI is InChI=1S/C21H33N3O2/c1-2-3-4-5-9-12-24-18-16-20-19(25-13-14-26-20)15-17(18)23-21(24)10-7-6-8-11-22/h15-16H,2-14,22H2,1H3. The minimum absolute atomic E-state index is 0.614. The highest BCUT2D eigenvalue weighted by Gasteiger charge is 2.17. The zero-order chi connectivity index (χ0) is 18.2. The van der Waals surface area contributed by atoms with Crippen molar-refractivity contribution < 1.29 is 9.47 Å². The average molecular weight is 360 g/mol. The van der Waals surface area contributed by atoms with Gasteiger partial charge in [-0.1, -0.05) is 39.0 Å². The van der Waals surface area contributed by atoms with E-state index >= 15 is 0 Å². The summed E-state index contributed by atoms with van der Waals surface area (Å²) in [6.45, 7) is 5.30. The fourth-order valence-electron chi connectivity index (χ4n) is 3.63. The summed E-state index contributed by atoms with van der Waals surface area (Å²) in [7, 11) is 0. The summed E-state index contributed by atoms with van der Waals surface area (Å²) < 4.78 is 13.9. The molecule has 5 heteroatoms. The van der Waals surface area contributed by atoms with Crippen LogP contribution >= 0.6 is 0 Å². The minimum atomic E-state index is 0.614. The van der Waals surface area contributed by atoms with Gasteiger partial charge in [0.1, 0.15) is 19.0 Å². The second-order valence-electron chi connectivity index (χ2n) is 7.18. The molecule has 0 spiro atoms. The van der Waals surface area contributed by atoms with Gasteiger partial charge in [0.25, 0.3) is 0 Å². The van der Waals surface area contributed by atoms with Crippen LogP contribution in [0.1, 0.15) is 64.1 Å². The maximum absolute atomic E-state index is 5.79. The van der Waals surface area contributed by atoms with E-state index in [2.05, 4.69) is 17.6 Å². The molecule has 0 aliphatic carbocycles. The van der Waals surface area contributed by atoms with Crippen LogP contribution in [0.25, 0.3) is 11.0 Å². The topological polar surface area (TPSA) is 62.3 Å². The molecule has 0 atom stereocenters. The number of aromatic nitrogens is 2. The first-order chi connectivity index (χ1) is 12.8. The van der Waals surface area contributed by atoms with Crippen molar-refractivity contribution in [2.45, 2.75) is 71.3 Å². The molecule has 0 fully saturated rings. The molecule has 2 heterocycles. The summed E-state index contributed by atoms with van der Waals surface area (Å²) in [5.74, 6) is 2.87. The molecule has 2 aromatic rings. The van der Waals surface area contributed by atoms with Gasteiger partial charge in [0.2, 0.25) is 0 Å². The summed E-state index contributed by atoms with van der Waals surface area (Å²) in [5, 5.41) is 0. The first kappa shape index (κ1) is 19.0. The number of nitrogens with two attached hydrogens (primary N) is 1. The Morgan fingerprint density at radius 1 is 0.962 bits per heavy atom. The fraction of sp³-hybridized carbons (Fsp3) is 0.667. The first-order valence-corrected chi connectivity index (χ1v) is 10.3. The number of aryl methyl sites for hydroxylation is 2. The Balaban J connectivity index is 1.78. The molecule has 1 aromatic carbocycles. The number of fused-ring (bicyclic) bond motifs is 2. The number of nitrogens with zero attached hydrogens (tertiary/aromatic N) is 2. The van der Waals surface area contributed by atoms with Crippen LogP contribution in [0.3, 0.4) is 0 Å². The van der Waals surface area contributed by atoms with Crippen molar-refractivity contribution in [3.05, 3.63) is 18.0 Å². The smallest absolute Gasteiger partial charge is 0.163 e. The van der Waals surface area contributed by atoms with Crippen molar-refractivity contribution in [2.24, 2.45) is 5.73 Å². The van der Waals surface area contributed by atoms with Crippen LogP contribution in [0.4, 0.5) is 0 Å². The largest absolute Gasteiger partial charge is 0.486 e. The molecule has 0 amide bonds. The van der Waals surface area contributed by atoms with Crippen LogP contribution < -0.4 is 15.2 Å². The van der Waals surface area contributed by atoms with E-state index in [1.54, 1.807) is 0 Å². The number of unbranched alkanes of at least 4 members (excludes halogenated alkanes) is 6. The van der Waals surface area contributed by atoms with Crippen LogP contribution in [0.15, 0.2) is 12.1 Å². The molecule has 1 aliphatic heterocycles. The molecular weight excluding hydrogens is 326 g/mol. The Morgan fingerprint density at radius 3 is 2.46 bits per heavy atom. The molecule has 5 nitrogen and oxygen atoms in total. The molecule has 0 radical (unpaired) electrons. The van der Waals surface area contributed by atoms with E-state index in [9.17, 15) is 0 Å². The van der Waals surface area contributed by atoms with Crippen LogP contribution in [0.2, 0.25) is 0 Å². The van der Waals surface area contributed by atoms with Crippen molar-refractivity contribution in [1.29, 1.82) is 0 Å². The van der Waals surface area contributed by atoms with E-state index in [1.807, 2.05) is 6.07 Å². The van der Waals surface area contributed by atoms with Gasteiger partial charge in [-0.15, -0.1) is 0 Å². The highest BCUT2D eigenvalue weighted by Crippen LogP contribution is 2.35. The van der Waals surface area contributed by atoms with Gasteiger partial charge in [0.15, 0.2) is 11.5 Å². The SMILES string of the molecule is CCCCCCCn1c(CCCCCN)nc2cc3c(cc21)OCCO3. The van der Waals surface area contributed by atoms with Gasteiger partial charge in [0.05, 0.1) is 11.0 Å². The fourth-order valence-corrected chi connectivity index (χ4v) is 3.63. The summed E-state index contributed by atoms with van der Waals surface area (Å²) in [4.78, 5) is 4.93. The Hall–Kier alpha value is -1.75. The molecule has 2 N–H and O–H groups in total. The number of hydrogen-bond donors (Lipinski definition) is 1. The Bertz CT molecular complexity index is 696. The third-order valence-corrected chi connectivity index (χ3v) is 5.08. The third kappa shape index (κ3) is 4.70. The summed E-state index contributed by atoms with van der Waals surface area (Å²) in [6, 6.07) is 4.16. The molecule has 0 unspecified atom stereocenters. The van der Waals surface area contributed by atoms with E-state index in [-0.39, 0.29) is 0 Å². The van der Waals surface area contributed by atoms with Gasteiger partial charge < -0.3 is 19.8 Å². The third-order valence-electron chi connectivity index (χ3n) is 5.08. The lowest BCUT2D eigenvalue weighted by atomic mass is 10.1. The summed E-state index contributed by atoms with van der Waals surface area (Å²) in [6.07, 6.45) is 10.8. The second-order valence-corrected chi connectivity index (χ2v) is 7.18. The van der Waals surface area contributed by atoms with Gasteiger partial charge in [0, 0.05) is 25.1 Å². The van der Waals surface area contributed by atoms with Crippen molar-refractivity contribution in [2.75, 3.05) is 19.8 Å². The summed E-state index contributed by atoms with van der Waals surface area (Å²) in [5.41, 5.74) is 7.83. The van der Waals surface area contributed by atoms with Gasteiger partial charge in [-0.05, 0) is 25.8 Å². The minimum Gasteiger partial charge on any atom is -0.486 e. The zero-order valence-corrected chi connectivity index (χ0v) is 16.1. The molecule has 3 rings (SSSR count). The highest BCUT2D eigenvalue weighted by atomic mass is 16.6. The molecule has 1 aliphatic rings. The lowest BCUT2D eigenvalue weighted by Crippen LogP contribution is -2.15. The van der Waals surface area contributed by atoms with Gasteiger partial charge in [-0.2, -0.15) is 0 Å². The quantitative estimate of drug-likeness (QED) is 0.602. The lowest BCUT2D eigenvalue weighted by Gasteiger charge is -2.18. The summed E-state index contributed by atoms with van der Waals surface area (Å²) >= 11 is 0. The Labute approximate surface area is 156 Å². The number of imidazole rings is 1. The van der Waals surface area contributed by atoms with Crippen molar-refractivity contribution in [1.82, 2.24) is 9.55 Å². The molecule has 26 heavy (non-hydrogen) atoms. The van der Waals surface area contributed by atoms with E-state index in [0.29, 0.717) is 13.2 Å². The lowest BCUT2D eigenvalue weighted by molar-refractivity contribution is 0.172. The molecule has 1 aromatic heterocycles. The van der Waals surface area contributed by atoms with Gasteiger partial charge >= 0.3 is 0 Å². The van der Waals surface area contributed by atoms with Crippen molar-refractivity contribution >= 4 is 11.0 Å². The van der Waals surface area contributed by atoms with Crippen molar-refractivity contribution in [3.8, 4) is 11.5 Å². The first-order valence-electron chi connectivity index (χ1n) is 10.3. The van der Waals surface area contributed by atoms with Crippen LogP contribution in [-0.2, 0) is 13.0 Å². The van der Waals surface area contributed by atoms with E-state index in [4.69, 9.17) is 20.2 Å². The van der Waals surface area contributed by atoms with Crippen LogP contribution in [0.5, 0.6) is 11.5 Å². The molecule has 0 bridgehead atoms. The van der Waals surface area contributed by atoms with Crippen LogP contribution in [0, 0.1) is 0 Å². The number of benzene rings is 1. The van der Waals surface area contributed by atoms with Gasteiger partial charge in [-0.25, -0.2) is 4.98 Å². The Kier molecular flexibility index (Phi) is 7.18. The molecule has 144 valence electrons. The number of ether oxygens (including phenoxy) is 2. The molecule has 0 saturated carbocycles. The second kappa shape index (κ2) is 9.81. The highest BCUT2D eigenvalue weighted by molar-refractivity contribution is 5.80. The predicted molar refractivity (Wildman–Crippen MR) is 106 cm³/mol. The van der Waals surface area contributed by atoms with E-state index < -0.39 is 0 Å². The predicted octanol–water partition coefficient (Wildman–Crippen LogP) is 4.45. The molecular formula is C21H33N3O2. The van der Waals surface area contributed by atoms with Crippen molar-refractivity contribution in [3.63, 3.8) is 0 Å². The van der Waals surface area contributed by atoms with Gasteiger partial charge in [-0.3, -0.25) is 0 Å². The monoisotopic (exact) mass is 359 g/mol. The zero-order valence-electron chi connectivity index (χ0n) is 16.1. The average Bonchev–Trinajstić information content (AvgIpc) is 2.99. The van der Waals surface area contributed by atoms with E-state index in [0.717, 1.165) is 49.4 Å². The normalized spacial score (nSPS) is 13.5. The van der Waals surface area contributed by atoms with E-state index in [1.165, 1.54) is 49.9 Å². The van der Waals surface area contributed by atoms with Crippen LogP contribution in [-0.4, -0.2) is 29.3 Å². The Morgan fingerprint density at radius 2 is 1.69 bits per heavy atom. The maximum atomic E-state index is 5.79.